The van der Waals surface area contributed by atoms with Gasteiger partial charge >= 0.3 is 6.03 Å². The van der Waals surface area contributed by atoms with E-state index in [4.69, 9.17) is 11.6 Å². The van der Waals surface area contributed by atoms with E-state index in [2.05, 4.69) is 10.6 Å². The summed E-state index contributed by atoms with van der Waals surface area (Å²) < 4.78 is 13.9. The minimum atomic E-state index is -0.670. The summed E-state index contributed by atoms with van der Waals surface area (Å²) in [7, 11) is 0. The number of anilines is 3. The molecule has 0 aliphatic rings. The molecule has 2 aromatic carbocycles. The summed E-state index contributed by atoms with van der Waals surface area (Å²) in [6.45, 7) is 1.56. The Balaban J connectivity index is 2.11. The number of hydrogen-bond donors (Lipinski definition) is 4. The minimum absolute atomic E-state index is 0.0147. The lowest BCUT2D eigenvalue weighted by Crippen LogP contribution is -2.21. The van der Waals surface area contributed by atoms with Gasteiger partial charge in [0.1, 0.15) is 0 Å². The van der Waals surface area contributed by atoms with Gasteiger partial charge in [0.2, 0.25) is 0 Å². The van der Waals surface area contributed by atoms with Gasteiger partial charge in [-0.2, -0.15) is 0 Å². The molecule has 0 aliphatic carbocycles. The highest BCUT2D eigenvalue weighted by Gasteiger charge is 2.12. The lowest BCUT2D eigenvalue weighted by atomic mass is 10.2. The molecule has 0 spiro atoms. The van der Waals surface area contributed by atoms with E-state index in [9.17, 15) is 19.5 Å². The van der Waals surface area contributed by atoms with Crippen molar-refractivity contribution in [2.45, 2.75) is 13.5 Å². The fourth-order valence-corrected chi connectivity index (χ4v) is 2.32. The van der Waals surface area contributed by atoms with E-state index in [1.807, 2.05) is 0 Å². The fourth-order valence-electron chi connectivity index (χ4n) is 2.09. The topological polar surface area (TPSA) is 84.8 Å². The van der Waals surface area contributed by atoms with Crippen LogP contribution in [0.3, 0.4) is 0 Å². The van der Waals surface area contributed by atoms with Crippen LogP contribution in [0.1, 0.15) is 12.5 Å². The number of halogens is 2. The third-order valence-electron chi connectivity index (χ3n) is 3.31. The number of nitrogens with zero attached hydrogens (tertiary/aromatic N) is 1. The summed E-state index contributed by atoms with van der Waals surface area (Å²) in [4.78, 5) is 12.0. The van der Waals surface area contributed by atoms with Crippen molar-refractivity contribution in [1.29, 1.82) is 0 Å². The molecule has 0 saturated heterocycles. The van der Waals surface area contributed by atoms with Gasteiger partial charge in [0.05, 0.1) is 12.3 Å². The zero-order valence-corrected chi connectivity index (χ0v) is 13.6. The molecule has 0 bridgehead atoms. The summed E-state index contributed by atoms with van der Waals surface area (Å²) in [5.41, 5.74) is 0.966. The first-order valence-electron chi connectivity index (χ1n) is 7.18. The number of aliphatic hydroxyl groups is 1. The number of amides is 2. The molecule has 24 heavy (non-hydrogen) atoms. The molecule has 0 aliphatic heterocycles. The lowest BCUT2D eigenvalue weighted by molar-refractivity contribution is 0.256. The third-order valence-corrected chi connectivity index (χ3v) is 3.66. The van der Waals surface area contributed by atoms with Crippen molar-refractivity contribution in [2.75, 3.05) is 22.2 Å². The van der Waals surface area contributed by atoms with Crippen molar-refractivity contribution in [1.82, 2.24) is 0 Å². The molecule has 2 amide bonds. The predicted octanol–water partition coefficient (Wildman–Crippen LogP) is 3.83. The highest BCUT2D eigenvalue weighted by molar-refractivity contribution is 6.31. The standard InChI is InChI=1S/C16H17ClFN3O3/c1-2-21(24)15-7-6-10(8-13(15)18)19-16(23)20-14-5-3-4-12(17)11(14)9-22/h3-8,22,24H,2,9H2,1H3,(H2,19,20,23). The summed E-state index contributed by atoms with van der Waals surface area (Å²) in [5, 5.41) is 24.9. The van der Waals surface area contributed by atoms with Gasteiger partial charge in [-0.05, 0) is 37.3 Å². The van der Waals surface area contributed by atoms with Gasteiger partial charge in [0.15, 0.2) is 5.82 Å². The molecule has 0 radical (unpaired) electrons. The van der Waals surface area contributed by atoms with Crippen LogP contribution >= 0.6 is 11.6 Å². The number of rotatable bonds is 5. The van der Waals surface area contributed by atoms with Crippen LogP contribution in [0.25, 0.3) is 0 Å². The third kappa shape index (κ3) is 4.14. The van der Waals surface area contributed by atoms with E-state index in [0.717, 1.165) is 11.1 Å². The number of nitrogens with one attached hydrogen (secondary N) is 2. The van der Waals surface area contributed by atoms with Crippen LogP contribution in [0.2, 0.25) is 5.02 Å². The molecule has 0 aromatic heterocycles. The number of hydroxylamine groups is 1. The highest BCUT2D eigenvalue weighted by Crippen LogP contribution is 2.25. The van der Waals surface area contributed by atoms with Crippen molar-refractivity contribution in [3.8, 4) is 0 Å². The van der Waals surface area contributed by atoms with Crippen LogP contribution in [-0.4, -0.2) is 22.9 Å². The smallest absolute Gasteiger partial charge is 0.323 e. The molecule has 2 aromatic rings. The maximum Gasteiger partial charge on any atom is 0.323 e. The van der Waals surface area contributed by atoms with Crippen LogP contribution in [0.4, 0.5) is 26.2 Å². The Morgan fingerprint density at radius 3 is 2.67 bits per heavy atom. The summed E-state index contributed by atoms with van der Waals surface area (Å²) in [6, 6.07) is 8.11. The number of aliphatic hydroxyl groups excluding tert-OH is 1. The average Bonchev–Trinajstić information content (AvgIpc) is 2.54. The number of benzene rings is 2. The van der Waals surface area contributed by atoms with E-state index < -0.39 is 11.8 Å². The van der Waals surface area contributed by atoms with Gasteiger partial charge in [-0.25, -0.2) is 9.18 Å². The minimum Gasteiger partial charge on any atom is -0.392 e. The Labute approximate surface area is 143 Å². The van der Waals surface area contributed by atoms with Crippen LogP contribution in [0.5, 0.6) is 0 Å². The second-order valence-electron chi connectivity index (χ2n) is 4.89. The molecule has 6 nitrogen and oxygen atoms in total. The molecular formula is C16H17ClFN3O3. The lowest BCUT2D eigenvalue weighted by Gasteiger charge is -2.16. The van der Waals surface area contributed by atoms with E-state index in [-0.39, 0.29) is 24.5 Å². The zero-order chi connectivity index (χ0) is 17.7. The first-order valence-corrected chi connectivity index (χ1v) is 7.56. The molecule has 0 heterocycles. The predicted molar refractivity (Wildman–Crippen MR) is 91.2 cm³/mol. The van der Waals surface area contributed by atoms with Crippen molar-refractivity contribution in [3.05, 3.63) is 52.8 Å². The monoisotopic (exact) mass is 353 g/mol. The zero-order valence-electron chi connectivity index (χ0n) is 12.9. The number of carbonyl (C=O) groups is 1. The van der Waals surface area contributed by atoms with Gasteiger partial charge in [0, 0.05) is 28.5 Å². The van der Waals surface area contributed by atoms with Crippen LogP contribution < -0.4 is 15.7 Å². The second kappa shape index (κ2) is 7.96. The van der Waals surface area contributed by atoms with E-state index in [1.54, 1.807) is 25.1 Å². The molecule has 0 fully saturated rings. The Morgan fingerprint density at radius 1 is 1.29 bits per heavy atom. The number of carbonyl (C=O) groups excluding carboxylic acids is 1. The molecule has 8 heteroatoms. The number of hydrogen-bond acceptors (Lipinski definition) is 4. The molecule has 0 unspecified atom stereocenters. The Hall–Kier alpha value is -2.35. The van der Waals surface area contributed by atoms with E-state index in [1.165, 1.54) is 12.1 Å². The second-order valence-corrected chi connectivity index (χ2v) is 5.29. The van der Waals surface area contributed by atoms with Crippen LogP contribution in [0.15, 0.2) is 36.4 Å². The van der Waals surface area contributed by atoms with Crippen molar-refractivity contribution < 1.29 is 19.5 Å². The fraction of sp³-hybridized carbons (Fsp3) is 0.188. The van der Waals surface area contributed by atoms with E-state index in [0.29, 0.717) is 16.3 Å². The normalized spacial score (nSPS) is 10.4. The maximum atomic E-state index is 13.9. The van der Waals surface area contributed by atoms with Crippen molar-refractivity contribution >= 4 is 34.7 Å². The molecule has 128 valence electrons. The van der Waals surface area contributed by atoms with Gasteiger partial charge < -0.3 is 15.7 Å². The Morgan fingerprint density at radius 2 is 2.04 bits per heavy atom. The van der Waals surface area contributed by atoms with Gasteiger partial charge in [-0.3, -0.25) is 10.3 Å². The maximum absolute atomic E-state index is 13.9. The molecule has 0 saturated carbocycles. The molecule has 0 atom stereocenters. The largest absolute Gasteiger partial charge is 0.392 e. The van der Waals surface area contributed by atoms with Crippen molar-refractivity contribution in [2.24, 2.45) is 0 Å². The van der Waals surface area contributed by atoms with Crippen LogP contribution in [0, 0.1) is 5.82 Å². The SMILES string of the molecule is CCN(O)c1ccc(NC(=O)Nc2cccc(Cl)c2CO)cc1F. The van der Waals surface area contributed by atoms with Gasteiger partial charge in [0.25, 0.3) is 0 Å². The van der Waals surface area contributed by atoms with Crippen molar-refractivity contribution in [3.63, 3.8) is 0 Å². The molecule has 2 rings (SSSR count). The highest BCUT2D eigenvalue weighted by atomic mass is 35.5. The van der Waals surface area contributed by atoms with Gasteiger partial charge in [-0.1, -0.05) is 17.7 Å². The summed E-state index contributed by atoms with van der Waals surface area (Å²) in [6.07, 6.45) is 0. The Kier molecular flexibility index (Phi) is 5.97. The summed E-state index contributed by atoms with van der Waals surface area (Å²) >= 11 is 5.95. The summed E-state index contributed by atoms with van der Waals surface area (Å²) in [5.74, 6) is -0.670. The van der Waals surface area contributed by atoms with E-state index >= 15 is 0 Å². The first-order chi connectivity index (χ1) is 11.5. The van der Waals surface area contributed by atoms with Crippen LogP contribution in [-0.2, 0) is 6.61 Å². The molecular weight excluding hydrogens is 337 g/mol. The van der Waals surface area contributed by atoms with Gasteiger partial charge in [-0.15, -0.1) is 0 Å². The number of urea groups is 1. The Bertz CT molecular complexity index is 743. The quantitative estimate of drug-likeness (QED) is 0.615. The molecule has 4 N–H and O–H groups in total. The first kappa shape index (κ1) is 18.0. The average molecular weight is 354 g/mol.